The van der Waals surface area contributed by atoms with E-state index in [1.165, 1.54) is 70.6 Å². The van der Waals surface area contributed by atoms with Gasteiger partial charge < -0.3 is 14.2 Å². The number of unbranched alkanes of at least 4 members (excludes halogenated alkanes) is 19. The Hall–Kier alpha value is -4.19. The Labute approximate surface area is 431 Å². The summed E-state index contributed by atoms with van der Waals surface area (Å²) in [4.78, 5) is 37.7. The first kappa shape index (κ1) is 65.8. The molecule has 1 atom stereocenters. The van der Waals surface area contributed by atoms with Crippen LogP contribution in [0.15, 0.2) is 122 Å². The van der Waals surface area contributed by atoms with Gasteiger partial charge in [0, 0.05) is 19.3 Å². The predicted molar refractivity (Wildman–Crippen MR) is 302 cm³/mol. The molecule has 0 saturated carbocycles. The normalized spacial score (nSPS) is 13.0. The van der Waals surface area contributed by atoms with Gasteiger partial charge in [-0.3, -0.25) is 14.4 Å². The fourth-order valence-corrected chi connectivity index (χ4v) is 7.47. The van der Waals surface area contributed by atoms with E-state index in [9.17, 15) is 14.4 Å². The lowest BCUT2D eigenvalue weighted by atomic mass is 10.1. The summed E-state index contributed by atoms with van der Waals surface area (Å²) < 4.78 is 16.7. The van der Waals surface area contributed by atoms with Crippen LogP contribution in [0.5, 0.6) is 0 Å². The summed E-state index contributed by atoms with van der Waals surface area (Å²) in [5, 5.41) is 0. The third kappa shape index (κ3) is 54.7. The van der Waals surface area contributed by atoms with Crippen LogP contribution in [0.25, 0.3) is 0 Å². The lowest BCUT2D eigenvalue weighted by molar-refractivity contribution is -0.167. The lowest BCUT2D eigenvalue weighted by Crippen LogP contribution is -2.30. The molecule has 70 heavy (non-hydrogen) atoms. The second-order valence-corrected chi connectivity index (χ2v) is 18.5. The number of carbonyl (C=O) groups excluding carboxylic acids is 3. The Morgan fingerprint density at radius 2 is 0.557 bits per heavy atom. The van der Waals surface area contributed by atoms with Gasteiger partial charge in [-0.05, 0) is 96.3 Å². The molecule has 0 rings (SSSR count). The summed E-state index contributed by atoms with van der Waals surface area (Å²) in [6, 6.07) is 0. The average molecular weight is 970 g/mol. The summed E-state index contributed by atoms with van der Waals surface area (Å²) in [5.74, 6) is -0.926. The number of rotatable bonds is 50. The highest BCUT2D eigenvalue weighted by Gasteiger charge is 2.19. The summed E-state index contributed by atoms with van der Waals surface area (Å²) in [6.07, 6.45) is 79.5. The zero-order valence-electron chi connectivity index (χ0n) is 45.2. The standard InChI is InChI=1S/C64H104O6/c1-4-7-10-13-16-18-20-21-22-23-24-25-26-27-28-29-30-31-32-33-34-35-36-37-38-39-40-41-42-43-45-46-48-51-54-57-63(66)69-60-61(59-68-62(65)56-53-50-15-12-9-6-3)70-64(67)58-55-52-49-47-44-19-17-14-11-8-5-2/h7,10,16,18,21-22,24-25,27-28,30-31,33-34,36-37,39-40,42-43,61H,4-6,8-9,11-15,17,19-20,23,26,29,32,35,38,41,44-60H2,1-3H3/b10-7-,18-16-,22-21-,25-24-,28-27-,31-30-,34-33-,37-36-,40-39-,43-42-. The molecule has 0 aromatic heterocycles. The topological polar surface area (TPSA) is 78.9 Å². The van der Waals surface area contributed by atoms with Crippen molar-refractivity contribution in [2.75, 3.05) is 13.2 Å². The van der Waals surface area contributed by atoms with Crippen molar-refractivity contribution in [3.8, 4) is 0 Å². The first-order valence-electron chi connectivity index (χ1n) is 28.5. The summed E-state index contributed by atoms with van der Waals surface area (Å²) in [7, 11) is 0. The maximum atomic E-state index is 12.7. The van der Waals surface area contributed by atoms with E-state index in [2.05, 4.69) is 142 Å². The zero-order chi connectivity index (χ0) is 50.7. The second-order valence-electron chi connectivity index (χ2n) is 18.5. The Morgan fingerprint density at radius 1 is 0.300 bits per heavy atom. The molecule has 0 N–H and O–H groups in total. The Kier molecular flexibility index (Phi) is 54.0. The Bertz CT molecular complexity index is 1490. The third-order valence-corrected chi connectivity index (χ3v) is 11.7. The van der Waals surface area contributed by atoms with Crippen LogP contribution in [0.3, 0.4) is 0 Å². The summed E-state index contributed by atoms with van der Waals surface area (Å²) in [6.45, 7) is 6.42. The zero-order valence-corrected chi connectivity index (χ0v) is 45.2. The average Bonchev–Trinajstić information content (AvgIpc) is 3.36. The van der Waals surface area contributed by atoms with Gasteiger partial charge in [0.2, 0.25) is 0 Å². The molecule has 0 saturated heterocycles. The molecule has 0 bridgehead atoms. The molecule has 0 spiro atoms. The van der Waals surface area contributed by atoms with Gasteiger partial charge in [-0.2, -0.15) is 0 Å². The predicted octanol–water partition coefficient (Wildman–Crippen LogP) is 19.3. The molecule has 1 unspecified atom stereocenters. The molecule has 0 aliphatic heterocycles. The van der Waals surface area contributed by atoms with Gasteiger partial charge in [0.15, 0.2) is 6.10 Å². The van der Waals surface area contributed by atoms with Gasteiger partial charge in [0.25, 0.3) is 0 Å². The lowest BCUT2D eigenvalue weighted by Gasteiger charge is -2.18. The highest BCUT2D eigenvalue weighted by atomic mass is 16.6. The first-order valence-corrected chi connectivity index (χ1v) is 28.5. The maximum absolute atomic E-state index is 12.7. The molecular weight excluding hydrogens is 865 g/mol. The van der Waals surface area contributed by atoms with E-state index in [1.54, 1.807) is 0 Å². The minimum Gasteiger partial charge on any atom is -0.462 e. The van der Waals surface area contributed by atoms with E-state index in [4.69, 9.17) is 14.2 Å². The van der Waals surface area contributed by atoms with Crippen LogP contribution < -0.4 is 0 Å². The monoisotopic (exact) mass is 969 g/mol. The maximum Gasteiger partial charge on any atom is 0.306 e. The van der Waals surface area contributed by atoms with Crippen molar-refractivity contribution in [3.63, 3.8) is 0 Å². The molecule has 0 aliphatic rings. The van der Waals surface area contributed by atoms with Crippen molar-refractivity contribution < 1.29 is 28.6 Å². The highest BCUT2D eigenvalue weighted by Crippen LogP contribution is 2.14. The second kappa shape index (κ2) is 57.4. The van der Waals surface area contributed by atoms with Crippen LogP contribution in [0.4, 0.5) is 0 Å². The minimum absolute atomic E-state index is 0.0859. The van der Waals surface area contributed by atoms with Crippen molar-refractivity contribution in [2.45, 2.75) is 252 Å². The van der Waals surface area contributed by atoms with Crippen LogP contribution in [0, 0.1) is 0 Å². The number of esters is 3. The minimum atomic E-state index is -0.784. The SMILES string of the molecule is CC/C=C\C/C=C\C/C=C\C/C=C\C/C=C\C/C=C\C/C=C\C/C=C\C/C=C\C/C=C\CCCCCCC(=O)OCC(COC(=O)CCCCCCCC)OC(=O)CCCCCCCCCCCCC. The molecule has 0 aliphatic carbocycles. The fourth-order valence-electron chi connectivity index (χ4n) is 7.47. The van der Waals surface area contributed by atoms with E-state index < -0.39 is 6.10 Å². The van der Waals surface area contributed by atoms with Crippen molar-refractivity contribution in [1.82, 2.24) is 0 Å². The van der Waals surface area contributed by atoms with E-state index in [0.29, 0.717) is 19.3 Å². The smallest absolute Gasteiger partial charge is 0.306 e. The van der Waals surface area contributed by atoms with Gasteiger partial charge >= 0.3 is 17.9 Å². The molecule has 0 aromatic rings. The van der Waals surface area contributed by atoms with E-state index in [-0.39, 0.29) is 31.1 Å². The van der Waals surface area contributed by atoms with Crippen molar-refractivity contribution in [3.05, 3.63) is 122 Å². The van der Waals surface area contributed by atoms with Crippen molar-refractivity contribution in [2.24, 2.45) is 0 Å². The molecule has 0 amide bonds. The first-order chi connectivity index (χ1) is 34.5. The Morgan fingerprint density at radius 3 is 0.871 bits per heavy atom. The van der Waals surface area contributed by atoms with Crippen molar-refractivity contribution >= 4 is 17.9 Å². The van der Waals surface area contributed by atoms with Gasteiger partial charge in [0.05, 0.1) is 0 Å². The number of ether oxygens (including phenoxy) is 3. The van der Waals surface area contributed by atoms with Crippen molar-refractivity contribution in [1.29, 1.82) is 0 Å². The fraction of sp³-hybridized carbons (Fsp3) is 0.641. The Balaban J connectivity index is 4.12. The van der Waals surface area contributed by atoms with E-state index >= 15 is 0 Å². The van der Waals surface area contributed by atoms with Crippen LogP contribution in [-0.4, -0.2) is 37.2 Å². The van der Waals surface area contributed by atoms with Gasteiger partial charge in [-0.1, -0.05) is 251 Å². The van der Waals surface area contributed by atoms with Gasteiger partial charge in [-0.25, -0.2) is 0 Å². The van der Waals surface area contributed by atoms with Crippen LogP contribution in [0.1, 0.15) is 245 Å². The van der Waals surface area contributed by atoms with Gasteiger partial charge in [-0.15, -0.1) is 0 Å². The molecule has 0 fully saturated rings. The quantitative estimate of drug-likeness (QED) is 0.0262. The van der Waals surface area contributed by atoms with Crippen LogP contribution >= 0.6 is 0 Å². The molecular formula is C64H104O6. The third-order valence-electron chi connectivity index (χ3n) is 11.7. The molecule has 6 heteroatoms. The van der Waals surface area contributed by atoms with Crippen LogP contribution in [0.2, 0.25) is 0 Å². The van der Waals surface area contributed by atoms with Crippen LogP contribution in [-0.2, 0) is 28.6 Å². The van der Waals surface area contributed by atoms with Gasteiger partial charge in [0.1, 0.15) is 13.2 Å². The highest BCUT2D eigenvalue weighted by molar-refractivity contribution is 5.71. The number of allylic oxidation sites excluding steroid dienone is 20. The number of hydrogen-bond acceptors (Lipinski definition) is 6. The molecule has 0 heterocycles. The molecule has 0 radical (unpaired) electrons. The number of hydrogen-bond donors (Lipinski definition) is 0. The number of carbonyl (C=O) groups is 3. The largest absolute Gasteiger partial charge is 0.462 e. The molecule has 0 aromatic carbocycles. The van der Waals surface area contributed by atoms with E-state index in [0.717, 1.165) is 135 Å². The van der Waals surface area contributed by atoms with E-state index in [1.807, 2.05) is 0 Å². The molecule has 6 nitrogen and oxygen atoms in total. The molecule has 396 valence electrons. The summed E-state index contributed by atoms with van der Waals surface area (Å²) >= 11 is 0. The summed E-state index contributed by atoms with van der Waals surface area (Å²) in [5.41, 5.74) is 0.